The van der Waals surface area contributed by atoms with Gasteiger partial charge in [0, 0.05) is 5.56 Å². The highest BCUT2D eigenvalue weighted by Gasteiger charge is 2.30. The van der Waals surface area contributed by atoms with Gasteiger partial charge < -0.3 is 9.84 Å². The number of aromatic nitrogens is 1. The van der Waals surface area contributed by atoms with Crippen LogP contribution in [0.3, 0.4) is 0 Å². The van der Waals surface area contributed by atoms with Crippen LogP contribution in [-0.4, -0.2) is 32.2 Å². The van der Waals surface area contributed by atoms with Gasteiger partial charge in [-0.25, -0.2) is 9.37 Å². The second-order valence-corrected chi connectivity index (χ2v) is 9.20. The standard InChI is InChI=1S/C22H21ClFNO5S/c1-14-4-7-16(8-5-14)31(27,28)30-13-22(2,26)20-11-10-19(29-3)21(25-20)15-6-9-18(24)17(23)12-15/h4-12,26H,13H2,1-3H3. The predicted octanol–water partition coefficient (Wildman–Crippen LogP) is 4.47. The van der Waals surface area contributed by atoms with Gasteiger partial charge in [-0.2, -0.15) is 8.42 Å². The summed E-state index contributed by atoms with van der Waals surface area (Å²) in [5, 5.41) is 10.8. The number of pyridine rings is 1. The molecule has 0 saturated heterocycles. The minimum Gasteiger partial charge on any atom is -0.494 e. The lowest BCUT2D eigenvalue weighted by Crippen LogP contribution is -2.30. The monoisotopic (exact) mass is 465 g/mol. The van der Waals surface area contributed by atoms with Gasteiger partial charge >= 0.3 is 0 Å². The van der Waals surface area contributed by atoms with Gasteiger partial charge in [0.2, 0.25) is 0 Å². The number of benzene rings is 2. The van der Waals surface area contributed by atoms with E-state index in [1.54, 1.807) is 18.2 Å². The van der Waals surface area contributed by atoms with Crippen LogP contribution in [0.4, 0.5) is 4.39 Å². The Labute approximate surface area is 185 Å². The molecular formula is C22H21ClFNO5S. The fourth-order valence-electron chi connectivity index (χ4n) is 2.80. The summed E-state index contributed by atoms with van der Waals surface area (Å²) in [5.41, 5.74) is 0.0742. The van der Waals surface area contributed by atoms with Crippen LogP contribution in [0.2, 0.25) is 5.02 Å². The zero-order valence-electron chi connectivity index (χ0n) is 17.1. The number of ether oxygens (including phenoxy) is 1. The normalized spacial score (nSPS) is 13.6. The van der Waals surface area contributed by atoms with E-state index in [0.29, 0.717) is 17.0 Å². The van der Waals surface area contributed by atoms with Crippen LogP contribution in [0, 0.1) is 12.7 Å². The van der Waals surface area contributed by atoms with Crippen LogP contribution in [0.5, 0.6) is 5.75 Å². The third kappa shape index (κ3) is 5.22. The van der Waals surface area contributed by atoms with Gasteiger partial charge in [-0.05, 0) is 56.3 Å². The Kier molecular flexibility index (Phi) is 6.66. The highest BCUT2D eigenvalue weighted by atomic mass is 35.5. The molecule has 0 aliphatic heterocycles. The summed E-state index contributed by atoms with van der Waals surface area (Å²) in [5.74, 6) is -0.210. The lowest BCUT2D eigenvalue weighted by Gasteiger charge is -2.23. The molecule has 1 unspecified atom stereocenters. The molecule has 0 bridgehead atoms. The third-order valence-electron chi connectivity index (χ3n) is 4.63. The maximum Gasteiger partial charge on any atom is 0.297 e. The van der Waals surface area contributed by atoms with Crippen molar-refractivity contribution in [2.24, 2.45) is 0 Å². The summed E-state index contributed by atoms with van der Waals surface area (Å²) in [6.45, 7) is 2.66. The van der Waals surface area contributed by atoms with E-state index in [-0.39, 0.29) is 15.6 Å². The number of nitrogens with zero attached hydrogens (tertiary/aromatic N) is 1. The Morgan fingerprint density at radius 2 is 1.81 bits per heavy atom. The molecule has 3 rings (SSSR count). The van der Waals surface area contributed by atoms with E-state index < -0.39 is 28.1 Å². The second kappa shape index (κ2) is 8.92. The van der Waals surface area contributed by atoms with Crippen LogP contribution in [-0.2, 0) is 19.9 Å². The van der Waals surface area contributed by atoms with E-state index in [0.717, 1.165) is 5.56 Å². The molecule has 1 N–H and O–H groups in total. The summed E-state index contributed by atoms with van der Waals surface area (Å²) in [6.07, 6.45) is 0. The molecule has 0 spiro atoms. The summed E-state index contributed by atoms with van der Waals surface area (Å²) in [6, 6.07) is 13.3. The molecule has 1 aromatic heterocycles. The van der Waals surface area contributed by atoms with Gasteiger partial charge in [-0.1, -0.05) is 29.3 Å². The van der Waals surface area contributed by atoms with Crippen LogP contribution >= 0.6 is 11.6 Å². The van der Waals surface area contributed by atoms with E-state index >= 15 is 0 Å². The zero-order chi connectivity index (χ0) is 22.8. The first-order chi connectivity index (χ1) is 14.5. The topological polar surface area (TPSA) is 85.7 Å². The van der Waals surface area contributed by atoms with Gasteiger partial charge in [0.25, 0.3) is 10.1 Å². The van der Waals surface area contributed by atoms with Gasteiger partial charge in [-0.3, -0.25) is 4.18 Å². The SMILES string of the molecule is COc1ccc(C(C)(O)COS(=O)(=O)c2ccc(C)cc2)nc1-c1ccc(F)c(Cl)c1. The maximum atomic E-state index is 13.5. The van der Waals surface area contributed by atoms with E-state index in [9.17, 15) is 17.9 Å². The minimum atomic E-state index is -4.08. The Balaban J connectivity index is 1.90. The molecule has 1 atom stereocenters. The summed E-state index contributed by atoms with van der Waals surface area (Å²) < 4.78 is 48.9. The number of hydrogen-bond acceptors (Lipinski definition) is 6. The molecule has 0 fully saturated rings. The van der Waals surface area contributed by atoms with Crippen molar-refractivity contribution in [3.05, 3.63) is 76.7 Å². The van der Waals surface area contributed by atoms with Crippen molar-refractivity contribution in [1.29, 1.82) is 0 Å². The lowest BCUT2D eigenvalue weighted by molar-refractivity contribution is 0.00605. The van der Waals surface area contributed by atoms with Crippen LogP contribution in [0.1, 0.15) is 18.2 Å². The molecule has 0 saturated carbocycles. The summed E-state index contributed by atoms with van der Waals surface area (Å²) >= 11 is 5.88. The average molecular weight is 466 g/mol. The largest absolute Gasteiger partial charge is 0.494 e. The molecule has 2 aromatic carbocycles. The Hall–Kier alpha value is -2.52. The molecule has 31 heavy (non-hydrogen) atoms. The first-order valence-corrected chi connectivity index (χ1v) is 11.0. The molecule has 3 aromatic rings. The van der Waals surface area contributed by atoms with Crippen molar-refractivity contribution < 1.29 is 26.8 Å². The molecule has 0 aliphatic carbocycles. The van der Waals surface area contributed by atoms with Crippen molar-refractivity contribution in [2.75, 3.05) is 13.7 Å². The molecule has 9 heteroatoms. The van der Waals surface area contributed by atoms with Crippen molar-refractivity contribution in [3.8, 4) is 17.0 Å². The highest BCUT2D eigenvalue weighted by molar-refractivity contribution is 7.86. The Morgan fingerprint density at radius 1 is 1.13 bits per heavy atom. The van der Waals surface area contributed by atoms with Crippen LogP contribution in [0.25, 0.3) is 11.3 Å². The summed E-state index contributed by atoms with van der Waals surface area (Å²) in [4.78, 5) is 4.39. The molecule has 1 heterocycles. The number of rotatable bonds is 7. The van der Waals surface area contributed by atoms with Gasteiger partial charge in [0.15, 0.2) is 0 Å². The first kappa shape index (κ1) is 23.1. The lowest BCUT2D eigenvalue weighted by atomic mass is 10.0. The predicted molar refractivity (Wildman–Crippen MR) is 115 cm³/mol. The van der Waals surface area contributed by atoms with E-state index in [4.69, 9.17) is 20.5 Å². The van der Waals surface area contributed by atoms with E-state index in [2.05, 4.69) is 4.98 Å². The molecule has 0 radical (unpaired) electrons. The fourth-order valence-corrected chi connectivity index (χ4v) is 3.97. The van der Waals surface area contributed by atoms with Gasteiger partial charge in [0.1, 0.15) is 29.5 Å². The van der Waals surface area contributed by atoms with Gasteiger partial charge in [-0.15, -0.1) is 0 Å². The fraction of sp³-hybridized carbons (Fsp3) is 0.227. The van der Waals surface area contributed by atoms with Crippen molar-refractivity contribution >= 4 is 21.7 Å². The number of aliphatic hydroxyl groups is 1. The first-order valence-electron chi connectivity index (χ1n) is 9.23. The number of aryl methyl sites for hydroxylation is 1. The number of halogens is 2. The minimum absolute atomic E-state index is 0.0155. The molecular weight excluding hydrogens is 445 g/mol. The van der Waals surface area contributed by atoms with Crippen molar-refractivity contribution in [2.45, 2.75) is 24.3 Å². The smallest absolute Gasteiger partial charge is 0.297 e. The quantitative estimate of drug-likeness (QED) is 0.518. The highest BCUT2D eigenvalue weighted by Crippen LogP contribution is 2.33. The Morgan fingerprint density at radius 3 is 2.42 bits per heavy atom. The van der Waals surface area contributed by atoms with Crippen LogP contribution in [0.15, 0.2) is 59.5 Å². The average Bonchev–Trinajstić information content (AvgIpc) is 2.74. The molecule has 6 nitrogen and oxygen atoms in total. The Bertz CT molecular complexity index is 1200. The van der Waals surface area contributed by atoms with Crippen molar-refractivity contribution in [1.82, 2.24) is 4.98 Å². The van der Waals surface area contributed by atoms with E-state index in [1.165, 1.54) is 50.4 Å². The van der Waals surface area contributed by atoms with Crippen molar-refractivity contribution in [3.63, 3.8) is 0 Å². The van der Waals surface area contributed by atoms with Crippen LogP contribution < -0.4 is 4.74 Å². The molecule has 0 aliphatic rings. The van der Waals surface area contributed by atoms with E-state index in [1.807, 2.05) is 6.92 Å². The number of methoxy groups -OCH3 is 1. The van der Waals surface area contributed by atoms with Gasteiger partial charge in [0.05, 0.1) is 22.7 Å². The zero-order valence-corrected chi connectivity index (χ0v) is 18.7. The third-order valence-corrected chi connectivity index (χ3v) is 6.20. The molecule has 164 valence electrons. The number of hydrogen-bond donors (Lipinski definition) is 1. The summed E-state index contributed by atoms with van der Waals surface area (Å²) in [7, 11) is -2.63. The molecule has 0 amide bonds. The maximum absolute atomic E-state index is 13.5. The second-order valence-electron chi connectivity index (χ2n) is 7.18.